The molecule has 6 heteroatoms. The Morgan fingerprint density at radius 3 is 2.65 bits per heavy atom. The quantitative estimate of drug-likeness (QED) is 0.864. The third kappa shape index (κ3) is 2.25. The van der Waals surface area contributed by atoms with Crippen molar-refractivity contribution < 1.29 is 9.47 Å². The average Bonchev–Trinajstić information content (AvgIpc) is 2.34. The monoisotopic (exact) mass is 232 g/mol. The Bertz CT molecular complexity index is 531. The smallest absolute Gasteiger partial charge is 0.249 e. The molecule has 2 aromatic rings. The standard InChI is InChI=1S/C11H12N4O2/c1-7-8(4-3-5-13-7)17-11-9(12)10(16-2)14-6-15-11/h3-6H,12H2,1-2H3. The number of anilines is 1. The zero-order valence-corrected chi connectivity index (χ0v) is 9.54. The van der Waals surface area contributed by atoms with Crippen molar-refractivity contribution in [3.63, 3.8) is 0 Å². The first-order valence-electron chi connectivity index (χ1n) is 4.96. The molecule has 17 heavy (non-hydrogen) atoms. The normalized spacial score (nSPS) is 10.0. The van der Waals surface area contributed by atoms with Gasteiger partial charge in [0.1, 0.15) is 6.33 Å². The van der Waals surface area contributed by atoms with Gasteiger partial charge in [-0.2, -0.15) is 9.97 Å². The zero-order valence-electron chi connectivity index (χ0n) is 9.54. The number of hydrogen-bond donors (Lipinski definition) is 1. The van der Waals surface area contributed by atoms with E-state index >= 15 is 0 Å². The molecule has 0 aliphatic carbocycles. The molecule has 0 aromatic carbocycles. The molecule has 0 fully saturated rings. The SMILES string of the molecule is COc1ncnc(Oc2cccnc2C)c1N. The van der Waals surface area contributed by atoms with Gasteiger partial charge in [0.05, 0.1) is 12.8 Å². The van der Waals surface area contributed by atoms with Crippen LogP contribution < -0.4 is 15.2 Å². The number of aryl methyl sites for hydroxylation is 1. The maximum atomic E-state index is 5.80. The van der Waals surface area contributed by atoms with Gasteiger partial charge >= 0.3 is 0 Å². The highest BCUT2D eigenvalue weighted by Crippen LogP contribution is 2.30. The van der Waals surface area contributed by atoms with E-state index in [0.29, 0.717) is 5.75 Å². The maximum absolute atomic E-state index is 5.80. The number of aromatic nitrogens is 3. The molecule has 0 spiro atoms. The Balaban J connectivity index is 2.34. The molecule has 0 unspecified atom stereocenters. The first-order chi connectivity index (χ1) is 8.22. The number of hydrogen-bond acceptors (Lipinski definition) is 6. The molecular weight excluding hydrogens is 220 g/mol. The van der Waals surface area contributed by atoms with Gasteiger partial charge in [-0.3, -0.25) is 4.98 Å². The molecular formula is C11H12N4O2. The Morgan fingerprint density at radius 2 is 1.94 bits per heavy atom. The molecule has 2 heterocycles. The lowest BCUT2D eigenvalue weighted by Crippen LogP contribution is -2.01. The van der Waals surface area contributed by atoms with Gasteiger partial charge in [0, 0.05) is 6.20 Å². The molecule has 0 aliphatic heterocycles. The second-order valence-electron chi connectivity index (χ2n) is 3.29. The van der Waals surface area contributed by atoms with E-state index in [4.69, 9.17) is 15.2 Å². The van der Waals surface area contributed by atoms with Crippen LogP contribution in [0.5, 0.6) is 17.5 Å². The van der Waals surface area contributed by atoms with Gasteiger partial charge in [0.2, 0.25) is 11.8 Å². The fourth-order valence-corrected chi connectivity index (χ4v) is 1.29. The number of methoxy groups -OCH3 is 1. The van der Waals surface area contributed by atoms with Crippen molar-refractivity contribution in [2.75, 3.05) is 12.8 Å². The largest absolute Gasteiger partial charge is 0.479 e. The molecule has 0 aliphatic rings. The lowest BCUT2D eigenvalue weighted by molar-refractivity contribution is 0.391. The second kappa shape index (κ2) is 4.65. The van der Waals surface area contributed by atoms with Crippen LogP contribution in [-0.2, 0) is 0 Å². The van der Waals surface area contributed by atoms with Crippen LogP contribution in [0.3, 0.4) is 0 Å². The highest BCUT2D eigenvalue weighted by atomic mass is 16.5. The van der Waals surface area contributed by atoms with E-state index in [-0.39, 0.29) is 17.4 Å². The predicted molar refractivity (Wildman–Crippen MR) is 62.0 cm³/mol. The molecule has 2 aromatic heterocycles. The zero-order chi connectivity index (χ0) is 12.3. The third-order valence-corrected chi connectivity index (χ3v) is 2.17. The van der Waals surface area contributed by atoms with E-state index in [1.807, 2.05) is 6.92 Å². The van der Waals surface area contributed by atoms with Crippen molar-refractivity contribution in [1.82, 2.24) is 15.0 Å². The number of pyridine rings is 1. The predicted octanol–water partition coefficient (Wildman–Crippen LogP) is 1.56. The molecule has 0 atom stereocenters. The van der Waals surface area contributed by atoms with Crippen LogP contribution in [-0.4, -0.2) is 22.1 Å². The fourth-order valence-electron chi connectivity index (χ4n) is 1.29. The minimum absolute atomic E-state index is 0.257. The van der Waals surface area contributed by atoms with Crippen molar-refractivity contribution in [3.05, 3.63) is 30.4 Å². The highest BCUT2D eigenvalue weighted by molar-refractivity contribution is 5.56. The summed E-state index contributed by atoms with van der Waals surface area (Å²) in [6, 6.07) is 3.56. The van der Waals surface area contributed by atoms with Crippen molar-refractivity contribution >= 4 is 5.69 Å². The summed E-state index contributed by atoms with van der Waals surface area (Å²) < 4.78 is 10.5. The van der Waals surface area contributed by atoms with Gasteiger partial charge in [-0.1, -0.05) is 0 Å². The average molecular weight is 232 g/mol. The summed E-state index contributed by atoms with van der Waals surface area (Å²) in [6.07, 6.45) is 3.02. The Morgan fingerprint density at radius 1 is 1.18 bits per heavy atom. The summed E-state index contributed by atoms with van der Waals surface area (Å²) >= 11 is 0. The molecule has 0 bridgehead atoms. The lowest BCUT2D eigenvalue weighted by atomic mass is 10.3. The number of ether oxygens (including phenoxy) is 2. The third-order valence-electron chi connectivity index (χ3n) is 2.17. The van der Waals surface area contributed by atoms with E-state index in [1.165, 1.54) is 13.4 Å². The summed E-state index contributed by atoms with van der Waals surface area (Å²) in [5, 5.41) is 0. The minimum Gasteiger partial charge on any atom is -0.479 e. The summed E-state index contributed by atoms with van der Waals surface area (Å²) in [5.74, 6) is 1.14. The van der Waals surface area contributed by atoms with Crippen LogP contribution >= 0.6 is 0 Å². The lowest BCUT2D eigenvalue weighted by Gasteiger charge is -2.10. The number of nitrogens with zero attached hydrogens (tertiary/aromatic N) is 3. The van der Waals surface area contributed by atoms with Crippen molar-refractivity contribution in [2.24, 2.45) is 0 Å². The van der Waals surface area contributed by atoms with Crippen LogP contribution in [0.4, 0.5) is 5.69 Å². The van der Waals surface area contributed by atoms with Crippen LogP contribution in [0.2, 0.25) is 0 Å². The number of rotatable bonds is 3. The van der Waals surface area contributed by atoms with Crippen LogP contribution in [0.1, 0.15) is 5.69 Å². The first-order valence-corrected chi connectivity index (χ1v) is 4.96. The maximum Gasteiger partial charge on any atom is 0.249 e. The minimum atomic E-state index is 0.257. The van der Waals surface area contributed by atoms with Gasteiger partial charge in [0.15, 0.2) is 11.4 Å². The van der Waals surface area contributed by atoms with Gasteiger partial charge in [-0.15, -0.1) is 0 Å². The van der Waals surface area contributed by atoms with Crippen LogP contribution in [0.25, 0.3) is 0 Å². The number of nitrogens with two attached hydrogens (primary N) is 1. The van der Waals surface area contributed by atoms with Crippen LogP contribution in [0.15, 0.2) is 24.7 Å². The van der Waals surface area contributed by atoms with E-state index in [1.54, 1.807) is 18.3 Å². The van der Waals surface area contributed by atoms with Crippen molar-refractivity contribution in [2.45, 2.75) is 6.92 Å². The van der Waals surface area contributed by atoms with Crippen molar-refractivity contribution in [3.8, 4) is 17.5 Å². The van der Waals surface area contributed by atoms with E-state index in [0.717, 1.165) is 5.69 Å². The van der Waals surface area contributed by atoms with Crippen LogP contribution in [0, 0.1) is 6.92 Å². The summed E-state index contributed by atoms with van der Waals surface area (Å²) in [5.41, 5.74) is 6.81. The molecule has 0 amide bonds. The molecule has 2 rings (SSSR count). The highest BCUT2D eigenvalue weighted by Gasteiger charge is 2.11. The summed E-state index contributed by atoms with van der Waals surface area (Å²) in [6.45, 7) is 1.84. The summed E-state index contributed by atoms with van der Waals surface area (Å²) in [4.78, 5) is 11.9. The molecule has 6 nitrogen and oxygen atoms in total. The molecule has 0 saturated carbocycles. The topological polar surface area (TPSA) is 83.2 Å². The summed E-state index contributed by atoms with van der Waals surface area (Å²) in [7, 11) is 1.48. The molecule has 0 radical (unpaired) electrons. The van der Waals surface area contributed by atoms with E-state index in [2.05, 4.69) is 15.0 Å². The molecule has 88 valence electrons. The Hall–Kier alpha value is -2.37. The first kappa shape index (κ1) is 11.1. The van der Waals surface area contributed by atoms with E-state index in [9.17, 15) is 0 Å². The fraction of sp³-hybridized carbons (Fsp3) is 0.182. The Labute approximate surface area is 98.4 Å². The Kier molecular flexibility index (Phi) is 3.04. The molecule has 0 saturated heterocycles. The van der Waals surface area contributed by atoms with Gasteiger partial charge < -0.3 is 15.2 Å². The van der Waals surface area contributed by atoms with Gasteiger partial charge in [0.25, 0.3) is 0 Å². The molecule has 2 N–H and O–H groups in total. The van der Waals surface area contributed by atoms with Gasteiger partial charge in [-0.25, -0.2) is 0 Å². The second-order valence-corrected chi connectivity index (χ2v) is 3.29. The number of nitrogen functional groups attached to an aromatic ring is 1. The van der Waals surface area contributed by atoms with E-state index < -0.39 is 0 Å². The van der Waals surface area contributed by atoms with Crippen molar-refractivity contribution in [1.29, 1.82) is 0 Å². The van der Waals surface area contributed by atoms with Gasteiger partial charge in [-0.05, 0) is 19.1 Å².